The third-order valence-corrected chi connectivity index (χ3v) is 3.11. The fourth-order valence-corrected chi connectivity index (χ4v) is 2.16. The summed E-state index contributed by atoms with van der Waals surface area (Å²) in [5.41, 5.74) is 4.95. The first-order valence-electron chi connectivity index (χ1n) is 6.04. The van der Waals surface area contributed by atoms with Crippen molar-refractivity contribution in [1.82, 2.24) is 10.2 Å². The van der Waals surface area contributed by atoms with E-state index in [4.69, 9.17) is 10.8 Å². The zero-order valence-electron chi connectivity index (χ0n) is 10.4. The molecule has 0 aromatic rings. The second-order valence-electron chi connectivity index (χ2n) is 4.41. The molecule has 0 aliphatic carbocycles. The van der Waals surface area contributed by atoms with Crippen molar-refractivity contribution in [2.45, 2.75) is 44.7 Å². The van der Waals surface area contributed by atoms with Crippen molar-refractivity contribution < 1.29 is 19.5 Å². The SMILES string of the molecule is CCC1CCCN1C(=O)N[C@@H](CC(N)=O)C(=O)O. The molecule has 1 unspecified atom stereocenters. The summed E-state index contributed by atoms with van der Waals surface area (Å²) in [4.78, 5) is 35.2. The van der Waals surface area contributed by atoms with Gasteiger partial charge < -0.3 is 21.1 Å². The van der Waals surface area contributed by atoms with Crippen LogP contribution in [-0.4, -0.2) is 46.5 Å². The molecule has 1 rings (SSSR count). The number of hydrogen-bond acceptors (Lipinski definition) is 3. The van der Waals surface area contributed by atoms with E-state index in [-0.39, 0.29) is 6.04 Å². The van der Waals surface area contributed by atoms with Crippen LogP contribution in [0.15, 0.2) is 0 Å². The van der Waals surface area contributed by atoms with Crippen LogP contribution in [-0.2, 0) is 9.59 Å². The second-order valence-corrected chi connectivity index (χ2v) is 4.41. The van der Waals surface area contributed by atoms with Crippen molar-refractivity contribution in [2.75, 3.05) is 6.54 Å². The van der Waals surface area contributed by atoms with Gasteiger partial charge in [0.25, 0.3) is 0 Å². The van der Waals surface area contributed by atoms with E-state index in [9.17, 15) is 14.4 Å². The molecule has 0 bridgehead atoms. The molecule has 102 valence electrons. The highest BCUT2D eigenvalue weighted by atomic mass is 16.4. The molecule has 0 spiro atoms. The summed E-state index contributed by atoms with van der Waals surface area (Å²) in [6.07, 6.45) is 2.28. The van der Waals surface area contributed by atoms with Crippen LogP contribution < -0.4 is 11.1 Å². The maximum absolute atomic E-state index is 11.9. The molecule has 0 aromatic carbocycles. The van der Waals surface area contributed by atoms with Gasteiger partial charge in [-0.25, -0.2) is 9.59 Å². The molecule has 1 saturated heterocycles. The molecule has 7 nitrogen and oxygen atoms in total. The molecule has 4 N–H and O–H groups in total. The average Bonchev–Trinajstić information content (AvgIpc) is 2.75. The maximum Gasteiger partial charge on any atom is 0.326 e. The number of urea groups is 1. The maximum atomic E-state index is 11.9. The van der Waals surface area contributed by atoms with Crippen LogP contribution in [0.3, 0.4) is 0 Å². The minimum Gasteiger partial charge on any atom is -0.480 e. The standard InChI is InChI=1S/C11H19N3O4/c1-2-7-4-3-5-14(7)11(18)13-8(10(16)17)6-9(12)15/h7-8H,2-6H2,1H3,(H2,12,15)(H,13,18)(H,16,17)/t7?,8-/m0/s1. The Hall–Kier alpha value is -1.79. The number of likely N-dealkylation sites (tertiary alicyclic amines) is 1. The summed E-state index contributed by atoms with van der Waals surface area (Å²) in [7, 11) is 0. The molecular formula is C11H19N3O4. The van der Waals surface area contributed by atoms with E-state index in [0.717, 1.165) is 19.3 Å². The Morgan fingerprint density at radius 1 is 1.50 bits per heavy atom. The summed E-state index contributed by atoms with van der Waals surface area (Å²) in [6, 6.07) is -1.55. The Morgan fingerprint density at radius 3 is 2.67 bits per heavy atom. The van der Waals surface area contributed by atoms with Crippen molar-refractivity contribution in [1.29, 1.82) is 0 Å². The summed E-state index contributed by atoms with van der Waals surface area (Å²) >= 11 is 0. The molecule has 1 aliphatic rings. The molecule has 7 heteroatoms. The number of nitrogens with two attached hydrogens (primary N) is 1. The number of nitrogens with one attached hydrogen (secondary N) is 1. The molecule has 3 amide bonds. The number of nitrogens with zero attached hydrogens (tertiary/aromatic N) is 1. The molecule has 1 fully saturated rings. The Balaban J connectivity index is 2.60. The first kappa shape index (κ1) is 14.3. The fraction of sp³-hybridized carbons (Fsp3) is 0.727. The highest BCUT2D eigenvalue weighted by molar-refractivity contribution is 5.87. The monoisotopic (exact) mass is 257 g/mol. The van der Waals surface area contributed by atoms with Crippen LogP contribution in [0, 0.1) is 0 Å². The number of carbonyl (C=O) groups is 3. The van der Waals surface area contributed by atoms with Gasteiger partial charge in [0, 0.05) is 12.6 Å². The van der Waals surface area contributed by atoms with Crippen LogP contribution in [0.25, 0.3) is 0 Å². The molecule has 0 saturated carbocycles. The van der Waals surface area contributed by atoms with Gasteiger partial charge in [0.1, 0.15) is 6.04 Å². The minimum atomic E-state index is -1.26. The van der Waals surface area contributed by atoms with Crippen LogP contribution in [0.4, 0.5) is 4.79 Å². The smallest absolute Gasteiger partial charge is 0.326 e. The number of hydrogen-bond donors (Lipinski definition) is 3. The molecular weight excluding hydrogens is 238 g/mol. The molecule has 0 aromatic heterocycles. The largest absolute Gasteiger partial charge is 0.480 e. The van der Waals surface area contributed by atoms with E-state index < -0.39 is 30.4 Å². The van der Waals surface area contributed by atoms with E-state index in [1.807, 2.05) is 6.92 Å². The Kier molecular flexibility index (Phi) is 4.94. The van der Waals surface area contributed by atoms with Gasteiger partial charge >= 0.3 is 12.0 Å². The molecule has 0 radical (unpaired) electrons. The van der Waals surface area contributed by atoms with E-state index in [1.165, 1.54) is 0 Å². The zero-order valence-corrected chi connectivity index (χ0v) is 10.4. The average molecular weight is 257 g/mol. The van der Waals surface area contributed by atoms with Gasteiger partial charge in [-0.2, -0.15) is 0 Å². The number of carboxylic acids is 1. The number of primary amides is 1. The number of carbonyl (C=O) groups excluding carboxylic acids is 2. The predicted molar refractivity (Wildman–Crippen MR) is 63.8 cm³/mol. The van der Waals surface area contributed by atoms with E-state index in [2.05, 4.69) is 5.32 Å². The first-order valence-corrected chi connectivity index (χ1v) is 6.04. The second kappa shape index (κ2) is 6.23. The number of aliphatic carboxylic acids is 1. The lowest BCUT2D eigenvalue weighted by molar-refractivity contribution is -0.141. The van der Waals surface area contributed by atoms with Crippen molar-refractivity contribution in [2.24, 2.45) is 5.73 Å². The van der Waals surface area contributed by atoms with Crippen LogP contribution >= 0.6 is 0 Å². The van der Waals surface area contributed by atoms with Gasteiger partial charge in [-0.15, -0.1) is 0 Å². The lowest BCUT2D eigenvalue weighted by atomic mass is 10.2. The normalized spacial score (nSPS) is 20.5. The molecule has 1 heterocycles. The Morgan fingerprint density at radius 2 is 2.17 bits per heavy atom. The van der Waals surface area contributed by atoms with Gasteiger partial charge in [-0.3, -0.25) is 4.79 Å². The van der Waals surface area contributed by atoms with Crippen molar-refractivity contribution in [3.8, 4) is 0 Å². The van der Waals surface area contributed by atoms with Crippen molar-refractivity contribution in [3.05, 3.63) is 0 Å². The third kappa shape index (κ3) is 3.61. The highest BCUT2D eigenvalue weighted by Gasteiger charge is 2.30. The minimum absolute atomic E-state index is 0.146. The van der Waals surface area contributed by atoms with Gasteiger partial charge in [0.2, 0.25) is 5.91 Å². The number of rotatable bonds is 5. The van der Waals surface area contributed by atoms with E-state index in [0.29, 0.717) is 6.54 Å². The van der Waals surface area contributed by atoms with Gasteiger partial charge in [-0.1, -0.05) is 6.92 Å². The lowest BCUT2D eigenvalue weighted by Crippen LogP contribution is -2.50. The third-order valence-electron chi connectivity index (χ3n) is 3.11. The molecule has 2 atom stereocenters. The van der Waals surface area contributed by atoms with Gasteiger partial charge in [-0.05, 0) is 19.3 Å². The summed E-state index contributed by atoms with van der Waals surface area (Å²) in [5, 5.41) is 11.2. The summed E-state index contributed by atoms with van der Waals surface area (Å²) < 4.78 is 0. The summed E-state index contributed by atoms with van der Waals surface area (Å²) in [6.45, 7) is 2.60. The van der Waals surface area contributed by atoms with Crippen LogP contribution in [0.5, 0.6) is 0 Å². The first-order chi connectivity index (χ1) is 8.45. The molecule has 1 aliphatic heterocycles. The quantitative estimate of drug-likeness (QED) is 0.638. The summed E-state index contributed by atoms with van der Waals surface area (Å²) in [5.74, 6) is -2.01. The van der Waals surface area contributed by atoms with E-state index >= 15 is 0 Å². The molecule has 18 heavy (non-hydrogen) atoms. The fourth-order valence-electron chi connectivity index (χ4n) is 2.16. The predicted octanol–water partition coefficient (Wildman–Crippen LogP) is -0.101. The van der Waals surface area contributed by atoms with Gasteiger partial charge in [0.15, 0.2) is 0 Å². The van der Waals surface area contributed by atoms with Crippen molar-refractivity contribution >= 4 is 17.9 Å². The Labute approximate surface area is 105 Å². The lowest BCUT2D eigenvalue weighted by Gasteiger charge is -2.25. The van der Waals surface area contributed by atoms with Crippen LogP contribution in [0.1, 0.15) is 32.6 Å². The number of carboxylic acid groups (broad SMARTS) is 1. The highest BCUT2D eigenvalue weighted by Crippen LogP contribution is 2.19. The Bertz CT molecular complexity index is 345. The number of amides is 3. The van der Waals surface area contributed by atoms with Crippen molar-refractivity contribution in [3.63, 3.8) is 0 Å². The zero-order chi connectivity index (χ0) is 13.7. The van der Waals surface area contributed by atoms with E-state index in [1.54, 1.807) is 4.90 Å². The topological polar surface area (TPSA) is 113 Å². The van der Waals surface area contributed by atoms with Crippen LogP contribution in [0.2, 0.25) is 0 Å². The van der Waals surface area contributed by atoms with Gasteiger partial charge in [0.05, 0.1) is 6.42 Å².